The molecule has 7 heteroatoms. The second kappa shape index (κ2) is 4.69. The summed E-state index contributed by atoms with van der Waals surface area (Å²) in [6.45, 7) is 0. The van der Waals surface area contributed by atoms with Crippen molar-refractivity contribution < 1.29 is 18.2 Å². The lowest BCUT2D eigenvalue weighted by atomic mass is 10.1. The van der Waals surface area contributed by atoms with Crippen molar-refractivity contribution in [3.05, 3.63) is 53.6 Å². The molecule has 3 aromatic rings. The SMILES string of the molecule is O=C(Nc1cccc2nonc12)c1c(F)cccc1F. The number of fused-ring (bicyclic) bond motifs is 1. The van der Waals surface area contributed by atoms with Crippen LogP contribution in [0.1, 0.15) is 10.4 Å². The summed E-state index contributed by atoms with van der Waals surface area (Å²) in [5, 5.41) is 9.62. The summed E-state index contributed by atoms with van der Waals surface area (Å²) in [6.07, 6.45) is 0. The van der Waals surface area contributed by atoms with E-state index >= 15 is 0 Å². The first kappa shape index (κ1) is 12.2. The number of aromatic nitrogens is 2. The Morgan fingerprint density at radius 2 is 1.75 bits per heavy atom. The third-order valence-corrected chi connectivity index (χ3v) is 2.72. The zero-order valence-electron chi connectivity index (χ0n) is 9.93. The number of nitrogens with one attached hydrogen (secondary N) is 1. The van der Waals surface area contributed by atoms with Gasteiger partial charge in [-0.1, -0.05) is 12.1 Å². The molecule has 100 valence electrons. The standard InChI is InChI=1S/C13H7F2N3O2/c14-7-3-1-4-8(15)11(7)13(19)16-9-5-2-6-10-12(9)18-20-17-10/h1-6H,(H,16,19). The molecule has 5 nitrogen and oxygen atoms in total. The summed E-state index contributed by atoms with van der Waals surface area (Å²) in [7, 11) is 0. The Morgan fingerprint density at radius 1 is 1.05 bits per heavy atom. The number of hydrogen-bond acceptors (Lipinski definition) is 4. The van der Waals surface area contributed by atoms with Gasteiger partial charge in [0.1, 0.15) is 22.7 Å². The molecule has 0 saturated carbocycles. The monoisotopic (exact) mass is 275 g/mol. The molecule has 0 radical (unpaired) electrons. The maximum absolute atomic E-state index is 13.5. The fraction of sp³-hybridized carbons (Fsp3) is 0. The highest BCUT2D eigenvalue weighted by Gasteiger charge is 2.18. The number of benzene rings is 2. The molecule has 0 unspecified atom stereocenters. The van der Waals surface area contributed by atoms with Gasteiger partial charge in [-0.3, -0.25) is 4.79 Å². The average molecular weight is 275 g/mol. The number of rotatable bonds is 2. The molecule has 0 fully saturated rings. The van der Waals surface area contributed by atoms with Crippen LogP contribution in [0, 0.1) is 11.6 Å². The summed E-state index contributed by atoms with van der Waals surface area (Å²) < 4.78 is 31.6. The summed E-state index contributed by atoms with van der Waals surface area (Å²) in [5.41, 5.74) is 0.340. The van der Waals surface area contributed by atoms with Crippen LogP contribution in [0.3, 0.4) is 0 Å². The quantitative estimate of drug-likeness (QED) is 0.780. The van der Waals surface area contributed by atoms with E-state index in [-0.39, 0.29) is 5.69 Å². The lowest BCUT2D eigenvalue weighted by Gasteiger charge is -2.06. The highest BCUT2D eigenvalue weighted by Crippen LogP contribution is 2.21. The van der Waals surface area contributed by atoms with Crippen LogP contribution < -0.4 is 5.32 Å². The van der Waals surface area contributed by atoms with E-state index < -0.39 is 23.1 Å². The number of halogens is 2. The maximum Gasteiger partial charge on any atom is 0.261 e. The number of nitrogens with zero attached hydrogens (tertiary/aromatic N) is 2. The Labute approximate surface area is 111 Å². The Balaban J connectivity index is 1.99. The van der Waals surface area contributed by atoms with Crippen molar-refractivity contribution in [2.24, 2.45) is 0 Å². The van der Waals surface area contributed by atoms with Gasteiger partial charge in [0, 0.05) is 0 Å². The van der Waals surface area contributed by atoms with Crippen LogP contribution >= 0.6 is 0 Å². The second-order valence-electron chi connectivity index (χ2n) is 3.99. The molecular formula is C13H7F2N3O2. The van der Waals surface area contributed by atoms with Gasteiger partial charge in [-0.2, -0.15) is 0 Å². The van der Waals surface area contributed by atoms with Crippen LogP contribution in [0.25, 0.3) is 11.0 Å². The molecule has 0 spiro atoms. The van der Waals surface area contributed by atoms with Crippen molar-refractivity contribution in [3.8, 4) is 0 Å². The average Bonchev–Trinajstić information content (AvgIpc) is 2.88. The molecule has 2 aromatic carbocycles. The zero-order valence-corrected chi connectivity index (χ0v) is 9.93. The number of carbonyl (C=O) groups is 1. The van der Waals surface area contributed by atoms with E-state index in [2.05, 4.69) is 20.3 Å². The minimum absolute atomic E-state index is 0.261. The van der Waals surface area contributed by atoms with E-state index in [0.29, 0.717) is 11.0 Å². The van der Waals surface area contributed by atoms with Gasteiger partial charge in [0.15, 0.2) is 5.52 Å². The van der Waals surface area contributed by atoms with Gasteiger partial charge in [-0.15, -0.1) is 0 Å². The molecule has 1 aromatic heterocycles. The number of carbonyl (C=O) groups excluding carboxylic acids is 1. The smallest absolute Gasteiger partial charge is 0.261 e. The fourth-order valence-electron chi connectivity index (χ4n) is 1.81. The Morgan fingerprint density at radius 3 is 2.50 bits per heavy atom. The van der Waals surface area contributed by atoms with E-state index in [1.165, 1.54) is 12.1 Å². The van der Waals surface area contributed by atoms with Crippen molar-refractivity contribution in [2.45, 2.75) is 0 Å². The van der Waals surface area contributed by atoms with Crippen LogP contribution in [0.15, 0.2) is 41.0 Å². The van der Waals surface area contributed by atoms with Gasteiger partial charge >= 0.3 is 0 Å². The van der Waals surface area contributed by atoms with Gasteiger partial charge < -0.3 is 5.32 Å². The molecule has 0 atom stereocenters. The Hall–Kier alpha value is -2.83. The first-order valence-electron chi connectivity index (χ1n) is 5.63. The predicted molar refractivity (Wildman–Crippen MR) is 66.1 cm³/mol. The fourth-order valence-corrected chi connectivity index (χ4v) is 1.81. The lowest BCUT2D eigenvalue weighted by Crippen LogP contribution is -2.16. The molecule has 1 amide bonds. The molecule has 0 aliphatic heterocycles. The summed E-state index contributed by atoms with van der Waals surface area (Å²) in [5.74, 6) is -2.78. The van der Waals surface area contributed by atoms with Crippen LogP contribution in [0.5, 0.6) is 0 Å². The highest BCUT2D eigenvalue weighted by molar-refractivity contribution is 6.08. The van der Waals surface area contributed by atoms with Crippen molar-refractivity contribution in [3.63, 3.8) is 0 Å². The van der Waals surface area contributed by atoms with Gasteiger partial charge in [0.25, 0.3) is 5.91 Å². The van der Waals surface area contributed by atoms with E-state index in [9.17, 15) is 13.6 Å². The van der Waals surface area contributed by atoms with Crippen molar-refractivity contribution in [2.75, 3.05) is 5.32 Å². The Bertz CT molecular complexity index is 781. The third-order valence-electron chi connectivity index (χ3n) is 2.72. The first-order valence-corrected chi connectivity index (χ1v) is 5.63. The summed E-state index contributed by atoms with van der Waals surface area (Å²) in [6, 6.07) is 7.98. The van der Waals surface area contributed by atoms with Crippen LogP contribution in [-0.2, 0) is 0 Å². The number of anilines is 1. The predicted octanol–water partition coefficient (Wildman–Crippen LogP) is 2.75. The zero-order chi connectivity index (χ0) is 14.1. The van der Waals surface area contributed by atoms with Gasteiger partial charge in [-0.05, 0) is 34.6 Å². The van der Waals surface area contributed by atoms with Gasteiger partial charge in [0.05, 0.1) is 5.69 Å². The van der Waals surface area contributed by atoms with Crippen LogP contribution in [-0.4, -0.2) is 16.2 Å². The molecule has 0 bridgehead atoms. The normalized spacial score (nSPS) is 10.7. The van der Waals surface area contributed by atoms with Crippen LogP contribution in [0.2, 0.25) is 0 Å². The van der Waals surface area contributed by atoms with Gasteiger partial charge in [0.2, 0.25) is 0 Å². The van der Waals surface area contributed by atoms with E-state index in [1.54, 1.807) is 12.1 Å². The van der Waals surface area contributed by atoms with Crippen molar-refractivity contribution in [1.82, 2.24) is 10.3 Å². The highest BCUT2D eigenvalue weighted by atomic mass is 19.1. The number of hydrogen-bond donors (Lipinski definition) is 1. The molecule has 3 rings (SSSR count). The minimum Gasteiger partial charge on any atom is -0.320 e. The maximum atomic E-state index is 13.5. The van der Waals surface area contributed by atoms with E-state index in [4.69, 9.17) is 0 Å². The molecule has 1 N–H and O–H groups in total. The number of amides is 1. The Kier molecular flexibility index (Phi) is 2.86. The minimum atomic E-state index is -0.937. The summed E-state index contributed by atoms with van der Waals surface area (Å²) >= 11 is 0. The molecule has 20 heavy (non-hydrogen) atoms. The molecule has 1 heterocycles. The second-order valence-corrected chi connectivity index (χ2v) is 3.99. The lowest BCUT2D eigenvalue weighted by molar-refractivity contribution is 0.101. The third kappa shape index (κ3) is 1.99. The van der Waals surface area contributed by atoms with Gasteiger partial charge in [-0.25, -0.2) is 13.4 Å². The van der Waals surface area contributed by atoms with Crippen LogP contribution in [0.4, 0.5) is 14.5 Å². The molecule has 0 aliphatic carbocycles. The first-order chi connectivity index (χ1) is 9.66. The molecule has 0 aliphatic rings. The van der Waals surface area contributed by atoms with Crippen molar-refractivity contribution in [1.29, 1.82) is 0 Å². The summed E-state index contributed by atoms with van der Waals surface area (Å²) in [4.78, 5) is 12.0. The topological polar surface area (TPSA) is 68.0 Å². The molecular weight excluding hydrogens is 268 g/mol. The molecule has 0 saturated heterocycles. The van der Waals surface area contributed by atoms with E-state index in [0.717, 1.165) is 12.1 Å². The van der Waals surface area contributed by atoms with Crippen molar-refractivity contribution >= 4 is 22.6 Å². The largest absolute Gasteiger partial charge is 0.320 e. The van der Waals surface area contributed by atoms with E-state index in [1.807, 2.05) is 0 Å².